The highest BCUT2D eigenvalue weighted by Crippen LogP contribution is 2.10. The highest BCUT2D eigenvalue weighted by molar-refractivity contribution is 7.09. The summed E-state index contributed by atoms with van der Waals surface area (Å²) in [6.45, 7) is 0.697. The van der Waals surface area contributed by atoms with E-state index in [9.17, 15) is 0 Å². The molecule has 0 fully saturated rings. The maximum Gasteiger partial charge on any atom is 0.132 e. The maximum atomic E-state index is 5.48. The molecule has 1 aromatic heterocycles. The second-order valence-electron chi connectivity index (χ2n) is 1.61. The number of rotatable bonds is 2. The summed E-state index contributed by atoms with van der Waals surface area (Å²) in [6.07, 6.45) is 0. The van der Waals surface area contributed by atoms with E-state index in [2.05, 4.69) is 14.9 Å². The van der Waals surface area contributed by atoms with Crippen LogP contribution in [0.5, 0.6) is 0 Å². The van der Waals surface area contributed by atoms with Crippen LogP contribution in [0.2, 0.25) is 0 Å². The molecule has 0 saturated carbocycles. The Labute approximate surface area is 57.2 Å². The lowest BCUT2D eigenvalue weighted by Gasteiger charge is -1.91. The smallest absolute Gasteiger partial charge is 0.132 e. The van der Waals surface area contributed by atoms with Crippen molar-refractivity contribution in [1.29, 1.82) is 0 Å². The molecule has 4 nitrogen and oxygen atoms in total. The van der Waals surface area contributed by atoms with Gasteiger partial charge in [-0.2, -0.15) is 0 Å². The van der Waals surface area contributed by atoms with Crippen molar-refractivity contribution in [2.45, 2.75) is 6.54 Å². The van der Waals surface area contributed by atoms with Gasteiger partial charge in [-0.25, -0.2) is 0 Å². The van der Waals surface area contributed by atoms with Crippen molar-refractivity contribution >= 4 is 16.5 Å². The van der Waals surface area contributed by atoms with Crippen LogP contribution in [0.15, 0.2) is 0 Å². The van der Waals surface area contributed by atoms with Crippen LogP contribution in [-0.2, 0) is 6.54 Å². The monoisotopic (exact) mass is 144 g/mol. The van der Waals surface area contributed by atoms with E-state index < -0.39 is 0 Å². The normalized spacial score (nSPS) is 9.89. The summed E-state index contributed by atoms with van der Waals surface area (Å²) in [6, 6.07) is 0. The Morgan fingerprint density at radius 1 is 1.78 bits per heavy atom. The fourth-order valence-corrected chi connectivity index (χ4v) is 0.951. The molecule has 5 heteroatoms. The van der Waals surface area contributed by atoms with Crippen LogP contribution in [0.1, 0.15) is 5.69 Å². The molecule has 0 aliphatic heterocycles. The van der Waals surface area contributed by atoms with Gasteiger partial charge in [-0.15, -0.1) is 5.10 Å². The summed E-state index contributed by atoms with van der Waals surface area (Å²) in [5.41, 5.74) is 6.32. The Morgan fingerprint density at radius 2 is 2.56 bits per heavy atom. The first-order valence-corrected chi connectivity index (χ1v) is 3.33. The lowest BCUT2D eigenvalue weighted by molar-refractivity contribution is 0.787. The number of nitrogens with one attached hydrogen (secondary N) is 1. The van der Waals surface area contributed by atoms with Gasteiger partial charge in [0.15, 0.2) is 0 Å². The number of anilines is 1. The van der Waals surface area contributed by atoms with Crippen LogP contribution in [0.25, 0.3) is 0 Å². The van der Waals surface area contributed by atoms with Gasteiger partial charge >= 0.3 is 0 Å². The van der Waals surface area contributed by atoms with Crippen molar-refractivity contribution in [3.05, 3.63) is 5.69 Å². The highest BCUT2D eigenvalue weighted by Gasteiger charge is 1.99. The van der Waals surface area contributed by atoms with Gasteiger partial charge in [-0.1, -0.05) is 4.49 Å². The summed E-state index contributed by atoms with van der Waals surface area (Å²) in [5, 5.41) is 7.42. The van der Waals surface area contributed by atoms with Gasteiger partial charge in [-0.05, 0) is 7.05 Å². The van der Waals surface area contributed by atoms with Crippen LogP contribution in [0, 0.1) is 0 Å². The van der Waals surface area contributed by atoms with E-state index in [-0.39, 0.29) is 0 Å². The van der Waals surface area contributed by atoms with Gasteiger partial charge in [0.2, 0.25) is 0 Å². The molecule has 0 unspecified atom stereocenters. The number of nitrogen functional groups attached to an aromatic ring is 1. The van der Waals surface area contributed by atoms with Gasteiger partial charge in [-0.3, -0.25) is 0 Å². The number of nitrogens with zero attached hydrogens (tertiary/aromatic N) is 2. The summed E-state index contributed by atoms with van der Waals surface area (Å²) in [4.78, 5) is 0. The van der Waals surface area contributed by atoms with Gasteiger partial charge in [0, 0.05) is 18.1 Å². The molecule has 0 atom stereocenters. The molecule has 50 valence electrons. The topological polar surface area (TPSA) is 63.8 Å². The molecule has 0 aliphatic carbocycles. The van der Waals surface area contributed by atoms with E-state index in [4.69, 9.17) is 5.73 Å². The fourth-order valence-electron chi connectivity index (χ4n) is 0.506. The molecule has 0 spiro atoms. The van der Waals surface area contributed by atoms with Crippen LogP contribution < -0.4 is 11.1 Å². The molecular formula is C4H8N4S. The number of aromatic nitrogens is 2. The summed E-state index contributed by atoms with van der Waals surface area (Å²) < 4.78 is 3.67. The first kappa shape index (κ1) is 6.44. The Bertz CT molecular complexity index is 184. The third kappa shape index (κ3) is 1.36. The third-order valence-corrected chi connectivity index (χ3v) is 1.52. The molecule has 0 bridgehead atoms. The van der Waals surface area contributed by atoms with Crippen molar-refractivity contribution in [2.75, 3.05) is 12.8 Å². The van der Waals surface area contributed by atoms with E-state index in [0.717, 1.165) is 5.69 Å². The quantitative estimate of drug-likeness (QED) is 0.605. The van der Waals surface area contributed by atoms with Gasteiger partial charge in [0.1, 0.15) is 10.7 Å². The van der Waals surface area contributed by atoms with Crippen molar-refractivity contribution < 1.29 is 0 Å². The SMILES string of the molecule is CNCc1nnsc1N. The third-order valence-electron chi connectivity index (χ3n) is 0.929. The van der Waals surface area contributed by atoms with Crippen LogP contribution >= 0.6 is 11.5 Å². The zero-order valence-corrected chi connectivity index (χ0v) is 5.90. The Kier molecular flexibility index (Phi) is 1.96. The average Bonchev–Trinajstić information content (AvgIpc) is 2.18. The van der Waals surface area contributed by atoms with Crippen LogP contribution in [-0.4, -0.2) is 16.6 Å². The molecule has 3 N–H and O–H groups in total. The van der Waals surface area contributed by atoms with E-state index in [1.54, 1.807) is 0 Å². The minimum absolute atomic E-state index is 0.697. The molecule has 1 aromatic rings. The molecule has 1 rings (SSSR count). The first-order valence-electron chi connectivity index (χ1n) is 2.56. The van der Waals surface area contributed by atoms with Gasteiger partial charge in [0.05, 0.1) is 0 Å². The highest BCUT2D eigenvalue weighted by atomic mass is 32.1. The van der Waals surface area contributed by atoms with Crippen molar-refractivity contribution in [1.82, 2.24) is 14.9 Å². The molecule has 0 aromatic carbocycles. The number of hydrogen-bond acceptors (Lipinski definition) is 5. The van der Waals surface area contributed by atoms with E-state index >= 15 is 0 Å². The lowest BCUT2D eigenvalue weighted by atomic mass is 10.5. The predicted octanol–water partition coefficient (Wildman–Crippen LogP) is -0.160. The Balaban J connectivity index is 2.69. The van der Waals surface area contributed by atoms with Gasteiger partial charge in [0.25, 0.3) is 0 Å². The molecule has 1 heterocycles. The minimum atomic E-state index is 0.697. The summed E-state index contributed by atoms with van der Waals surface area (Å²) in [5.74, 6) is 0. The molecule has 0 amide bonds. The van der Waals surface area contributed by atoms with Crippen molar-refractivity contribution in [3.63, 3.8) is 0 Å². The summed E-state index contributed by atoms with van der Waals surface area (Å²) in [7, 11) is 1.85. The number of nitrogens with two attached hydrogens (primary N) is 1. The Hall–Kier alpha value is -0.680. The zero-order chi connectivity index (χ0) is 6.69. The van der Waals surface area contributed by atoms with E-state index in [0.29, 0.717) is 11.5 Å². The standard InChI is InChI=1S/C4H8N4S/c1-6-2-3-4(5)9-8-7-3/h6H,2,5H2,1H3. The average molecular weight is 144 g/mol. The molecule has 9 heavy (non-hydrogen) atoms. The van der Waals surface area contributed by atoms with Crippen molar-refractivity contribution in [3.8, 4) is 0 Å². The molecule has 0 radical (unpaired) electrons. The maximum absolute atomic E-state index is 5.48. The van der Waals surface area contributed by atoms with E-state index in [1.807, 2.05) is 7.05 Å². The second-order valence-corrected chi connectivity index (χ2v) is 2.40. The Morgan fingerprint density at radius 3 is 3.00 bits per heavy atom. The minimum Gasteiger partial charge on any atom is -0.388 e. The zero-order valence-electron chi connectivity index (χ0n) is 5.09. The second kappa shape index (κ2) is 2.75. The molecular weight excluding hydrogens is 136 g/mol. The van der Waals surface area contributed by atoms with Crippen molar-refractivity contribution in [2.24, 2.45) is 0 Å². The largest absolute Gasteiger partial charge is 0.388 e. The van der Waals surface area contributed by atoms with E-state index in [1.165, 1.54) is 11.5 Å². The first-order chi connectivity index (χ1) is 4.34. The fraction of sp³-hybridized carbons (Fsp3) is 0.500. The predicted molar refractivity (Wildman–Crippen MR) is 37.1 cm³/mol. The lowest BCUT2D eigenvalue weighted by Crippen LogP contribution is -2.06. The molecule has 0 aliphatic rings. The number of hydrogen-bond donors (Lipinski definition) is 2. The van der Waals surface area contributed by atoms with Crippen LogP contribution in [0.3, 0.4) is 0 Å². The summed E-state index contributed by atoms with van der Waals surface area (Å²) >= 11 is 1.22. The van der Waals surface area contributed by atoms with Crippen LogP contribution in [0.4, 0.5) is 5.00 Å². The molecule has 0 saturated heterocycles. The van der Waals surface area contributed by atoms with Gasteiger partial charge < -0.3 is 11.1 Å².